The second-order valence-electron chi connectivity index (χ2n) is 5.49. The van der Waals surface area contributed by atoms with E-state index in [0.29, 0.717) is 23.7 Å². The zero-order valence-electron chi connectivity index (χ0n) is 14.1. The van der Waals surface area contributed by atoms with Crippen molar-refractivity contribution in [2.45, 2.75) is 6.54 Å². The van der Waals surface area contributed by atoms with Crippen LogP contribution in [0.2, 0.25) is 0 Å². The lowest BCUT2D eigenvalue weighted by Crippen LogP contribution is -2.20. The Bertz CT molecular complexity index is 931. The lowest BCUT2D eigenvalue weighted by molar-refractivity contribution is -0.384. The number of anilines is 3. The molecule has 2 aromatic heterocycles. The largest absolute Gasteiger partial charge is 0.364 e. The summed E-state index contributed by atoms with van der Waals surface area (Å²) in [4.78, 5) is 30.6. The molecule has 3 aromatic rings. The van der Waals surface area contributed by atoms with Gasteiger partial charge >= 0.3 is 6.03 Å². The summed E-state index contributed by atoms with van der Waals surface area (Å²) in [5.41, 5.74) is 1.92. The summed E-state index contributed by atoms with van der Waals surface area (Å²) in [6.45, 7) is 0.526. The fraction of sp³-hybridized carbons (Fsp3) is 0.0556. The lowest BCUT2D eigenvalue weighted by Gasteiger charge is -2.12. The number of benzene rings is 1. The molecule has 1 aromatic carbocycles. The molecule has 0 unspecified atom stereocenters. The molecular formula is C18H16N6O3. The van der Waals surface area contributed by atoms with E-state index < -0.39 is 11.0 Å². The summed E-state index contributed by atoms with van der Waals surface area (Å²) in [6.07, 6.45) is 5.02. The van der Waals surface area contributed by atoms with Gasteiger partial charge in [0.05, 0.1) is 10.6 Å². The van der Waals surface area contributed by atoms with Gasteiger partial charge in [0.1, 0.15) is 5.82 Å². The van der Waals surface area contributed by atoms with Crippen molar-refractivity contribution in [2.24, 2.45) is 0 Å². The van der Waals surface area contributed by atoms with E-state index >= 15 is 0 Å². The van der Waals surface area contributed by atoms with Crippen molar-refractivity contribution in [3.63, 3.8) is 0 Å². The number of non-ortho nitro benzene ring substituents is 1. The molecule has 9 nitrogen and oxygen atoms in total. The van der Waals surface area contributed by atoms with Gasteiger partial charge in [0.2, 0.25) is 0 Å². The third kappa shape index (κ3) is 4.98. The Kier molecular flexibility index (Phi) is 5.53. The van der Waals surface area contributed by atoms with Crippen LogP contribution in [0.1, 0.15) is 5.56 Å². The first-order valence-electron chi connectivity index (χ1n) is 8.02. The number of nitro benzene ring substituents is 1. The predicted octanol–water partition coefficient (Wildman–Crippen LogP) is 3.64. The third-order valence-corrected chi connectivity index (χ3v) is 3.60. The second-order valence-corrected chi connectivity index (χ2v) is 5.49. The predicted molar refractivity (Wildman–Crippen MR) is 102 cm³/mol. The Labute approximate surface area is 154 Å². The van der Waals surface area contributed by atoms with Gasteiger partial charge in [0.25, 0.3) is 5.69 Å². The van der Waals surface area contributed by atoms with Crippen LogP contribution >= 0.6 is 0 Å². The Morgan fingerprint density at radius 1 is 1.00 bits per heavy atom. The molecule has 27 heavy (non-hydrogen) atoms. The first-order valence-corrected chi connectivity index (χ1v) is 8.02. The molecule has 0 atom stereocenters. The van der Waals surface area contributed by atoms with Gasteiger partial charge in [0, 0.05) is 43.0 Å². The number of nitrogens with zero attached hydrogens (tertiary/aromatic N) is 3. The summed E-state index contributed by atoms with van der Waals surface area (Å²) in [5.74, 6) is 0.521. The Balaban J connectivity index is 1.63. The van der Waals surface area contributed by atoms with E-state index in [1.807, 2.05) is 12.1 Å². The fourth-order valence-electron chi connectivity index (χ4n) is 2.28. The van der Waals surface area contributed by atoms with Gasteiger partial charge in [-0.3, -0.25) is 15.1 Å². The van der Waals surface area contributed by atoms with Crippen molar-refractivity contribution >= 4 is 28.9 Å². The van der Waals surface area contributed by atoms with E-state index in [9.17, 15) is 14.9 Å². The monoisotopic (exact) mass is 364 g/mol. The Hall–Kier alpha value is -4.01. The number of urea groups is 1. The third-order valence-electron chi connectivity index (χ3n) is 3.60. The molecule has 0 saturated heterocycles. The Morgan fingerprint density at radius 3 is 2.44 bits per heavy atom. The minimum atomic E-state index is -0.500. The number of carbonyl (C=O) groups is 1. The zero-order valence-corrected chi connectivity index (χ0v) is 14.1. The number of pyridine rings is 2. The van der Waals surface area contributed by atoms with Gasteiger partial charge in [-0.05, 0) is 42.0 Å². The number of nitro groups is 1. The summed E-state index contributed by atoms with van der Waals surface area (Å²) < 4.78 is 0. The van der Waals surface area contributed by atoms with Gasteiger partial charge in [-0.1, -0.05) is 0 Å². The maximum Gasteiger partial charge on any atom is 0.323 e. The van der Waals surface area contributed by atoms with Crippen LogP contribution in [0.25, 0.3) is 0 Å². The average molecular weight is 364 g/mol. The SMILES string of the molecule is O=C(Nc1ccc([N+](=O)[O-])cc1)Nc1cccnc1NCc1ccncc1. The number of rotatable bonds is 6. The van der Waals surface area contributed by atoms with Crippen LogP contribution in [-0.4, -0.2) is 20.9 Å². The molecule has 9 heteroatoms. The van der Waals surface area contributed by atoms with Crippen molar-refractivity contribution < 1.29 is 9.72 Å². The number of hydrogen-bond donors (Lipinski definition) is 3. The number of carbonyl (C=O) groups excluding carboxylic acids is 1. The van der Waals surface area contributed by atoms with Crippen LogP contribution in [0.4, 0.5) is 27.7 Å². The van der Waals surface area contributed by atoms with Crippen molar-refractivity contribution in [2.75, 3.05) is 16.0 Å². The number of aromatic nitrogens is 2. The highest BCUT2D eigenvalue weighted by Gasteiger charge is 2.09. The Morgan fingerprint density at radius 2 is 1.74 bits per heavy atom. The molecule has 0 aliphatic rings. The van der Waals surface area contributed by atoms with Crippen LogP contribution < -0.4 is 16.0 Å². The van der Waals surface area contributed by atoms with Crippen molar-refractivity contribution in [1.82, 2.24) is 9.97 Å². The number of nitrogens with one attached hydrogen (secondary N) is 3. The zero-order chi connectivity index (χ0) is 19.1. The maximum absolute atomic E-state index is 12.2. The maximum atomic E-state index is 12.2. The van der Waals surface area contributed by atoms with Crippen LogP contribution in [-0.2, 0) is 6.54 Å². The van der Waals surface area contributed by atoms with Crippen LogP contribution in [0, 0.1) is 10.1 Å². The smallest absolute Gasteiger partial charge is 0.323 e. The second kappa shape index (κ2) is 8.39. The highest BCUT2D eigenvalue weighted by Crippen LogP contribution is 2.20. The summed E-state index contributed by atoms with van der Waals surface area (Å²) in [7, 11) is 0. The minimum Gasteiger partial charge on any atom is -0.364 e. The van der Waals surface area contributed by atoms with Crippen LogP contribution in [0.3, 0.4) is 0 Å². The quantitative estimate of drug-likeness (QED) is 0.453. The van der Waals surface area contributed by atoms with Crippen LogP contribution in [0.15, 0.2) is 67.1 Å². The van der Waals surface area contributed by atoms with Crippen molar-refractivity contribution in [3.05, 3.63) is 82.8 Å². The van der Waals surface area contributed by atoms with Gasteiger partial charge in [-0.2, -0.15) is 0 Å². The molecule has 2 heterocycles. The molecule has 0 bridgehead atoms. The van der Waals surface area contributed by atoms with E-state index in [4.69, 9.17) is 0 Å². The lowest BCUT2D eigenvalue weighted by atomic mass is 10.2. The molecule has 3 N–H and O–H groups in total. The van der Waals surface area contributed by atoms with Gasteiger partial charge in [-0.15, -0.1) is 0 Å². The topological polar surface area (TPSA) is 122 Å². The number of hydrogen-bond acceptors (Lipinski definition) is 6. The van der Waals surface area contributed by atoms with E-state index in [0.717, 1.165) is 5.56 Å². The molecule has 3 rings (SSSR count). The molecule has 0 radical (unpaired) electrons. The van der Waals surface area contributed by atoms with E-state index in [1.54, 1.807) is 30.7 Å². The molecular weight excluding hydrogens is 348 g/mol. The first kappa shape index (κ1) is 17.8. The normalized spacial score (nSPS) is 10.1. The van der Waals surface area contributed by atoms with Crippen molar-refractivity contribution in [1.29, 1.82) is 0 Å². The minimum absolute atomic E-state index is 0.0455. The molecule has 0 saturated carbocycles. The van der Waals surface area contributed by atoms with Gasteiger partial charge < -0.3 is 16.0 Å². The van der Waals surface area contributed by atoms with E-state index in [2.05, 4.69) is 25.9 Å². The van der Waals surface area contributed by atoms with E-state index in [1.165, 1.54) is 24.3 Å². The highest BCUT2D eigenvalue weighted by molar-refractivity contribution is 6.01. The average Bonchev–Trinajstić information content (AvgIpc) is 2.68. The number of amides is 2. The van der Waals surface area contributed by atoms with Crippen LogP contribution in [0.5, 0.6) is 0 Å². The highest BCUT2D eigenvalue weighted by atomic mass is 16.6. The molecule has 0 spiro atoms. The van der Waals surface area contributed by atoms with Gasteiger partial charge in [0.15, 0.2) is 0 Å². The molecule has 0 fully saturated rings. The standard InChI is InChI=1S/C18H16N6O3/c25-18(22-14-3-5-15(6-4-14)24(26)27)23-16-2-1-9-20-17(16)21-12-13-7-10-19-11-8-13/h1-11H,12H2,(H,20,21)(H2,22,23,25). The molecule has 2 amide bonds. The molecule has 0 aliphatic carbocycles. The summed E-state index contributed by atoms with van der Waals surface area (Å²) in [5, 5.41) is 19.2. The first-order chi connectivity index (χ1) is 13.1. The summed E-state index contributed by atoms with van der Waals surface area (Å²) in [6, 6.07) is 12.3. The van der Waals surface area contributed by atoms with Gasteiger partial charge in [-0.25, -0.2) is 9.78 Å². The van der Waals surface area contributed by atoms with Crippen molar-refractivity contribution in [3.8, 4) is 0 Å². The fourth-order valence-corrected chi connectivity index (χ4v) is 2.28. The summed E-state index contributed by atoms with van der Waals surface area (Å²) >= 11 is 0. The van der Waals surface area contributed by atoms with E-state index in [-0.39, 0.29) is 5.69 Å². The molecule has 136 valence electrons. The molecule has 0 aliphatic heterocycles.